The zero-order valence-electron chi connectivity index (χ0n) is 14.9. The number of aryl methyl sites for hydroxylation is 1. The fraction of sp³-hybridized carbons (Fsp3) is 0.150. The maximum absolute atomic E-state index is 13.2. The lowest BCUT2D eigenvalue weighted by molar-refractivity contribution is -0.139. The van der Waals surface area contributed by atoms with E-state index in [1.807, 2.05) is 31.2 Å². The number of esters is 1. The molecule has 3 aromatic rings. The normalized spacial score (nSPS) is 10.5. The molecular weight excluding hydrogens is 349 g/mol. The Balaban J connectivity index is 2.02. The zero-order valence-corrected chi connectivity index (χ0v) is 14.9. The van der Waals surface area contributed by atoms with Gasteiger partial charge in [0.15, 0.2) is 0 Å². The summed E-state index contributed by atoms with van der Waals surface area (Å²) in [6.07, 6.45) is 1.55. The molecule has 1 N–H and O–H groups in total. The van der Waals surface area contributed by atoms with E-state index in [1.54, 1.807) is 18.3 Å². The highest BCUT2D eigenvalue weighted by molar-refractivity contribution is 6.01. The van der Waals surface area contributed by atoms with Crippen molar-refractivity contribution in [2.75, 3.05) is 13.7 Å². The van der Waals surface area contributed by atoms with Crippen LogP contribution >= 0.6 is 0 Å². The molecular formula is C20H18FN3O3. The average Bonchev–Trinajstić information content (AvgIpc) is 3.12. The minimum atomic E-state index is -0.550. The minimum Gasteiger partial charge on any atom is -0.468 e. The van der Waals surface area contributed by atoms with Crippen molar-refractivity contribution in [1.29, 1.82) is 0 Å². The molecule has 0 bridgehead atoms. The third kappa shape index (κ3) is 4.20. The molecule has 3 rings (SSSR count). The van der Waals surface area contributed by atoms with Gasteiger partial charge in [0.05, 0.1) is 18.4 Å². The number of aromatic nitrogens is 2. The van der Waals surface area contributed by atoms with Crippen molar-refractivity contribution in [3.05, 3.63) is 71.7 Å². The molecule has 7 heteroatoms. The molecule has 2 aromatic carbocycles. The first kappa shape index (κ1) is 18.3. The van der Waals surface area contributed by atoms with Crippen LogP contribution in [0.2, 0.25) is 0 Å². The van der Waals surface area contributed by atoms with Gasteiger partial charge in [0.1, 0.15) is 18.1 Å². The summed E-state index contributed by atoms with van der Waals surface area (Å²) in [7, 11) is 1.25. The van der Waals surface area contributed by atoms with Gasteiger partial charge in [-0.2, -0.15) is 5.10 Å². The van der Waals surface area contributed by atoms with E-state index in [2.05, 4.69) is 15.2 Å². The maximum Gasteiger partial charge on any atom is 0.325 e. The number of nitrogens with one attached hydrogen (secondary N) is 1. The highest BCUT2D eigenvalue weighted by Crippen LogP contribution is 2.24. The Hall–Kier alpha value is -3.48. The molecule has 1 heterocycles. The number of hydrogen-bond donors (Lipinski definition) is 1. The largest absolute Gasteiger partial charge is 0.468 e. The van der Waals surface area contributed by atoms with Gasteiger partial charge in [0, 0.05) is 11.8 Å². The summed E-state index contributed by atoms with van der Waals surface area (Å²) in [6.45, 7) is 1.70. The number of carbonyl (C=O) groups excluding carboxylic acids is 2. The van der Waals surface area contributed by atoms with E-state index in [4.69, 9.17) is 0 Å². The first-order valence-corrected chi connectivity index (χ1v) is 8.25. The van der Waals surface area contributed by atoms with Crippen LogP contribution in [0.4, 0.5) is 4.39 Å². The highest BCUT2D eigenvalue weighted by Gasteiger charge is 2.19. The summed E-state index contributed by atoms with van der Waals surface area (Å²) >= 11 is 0. The number of benzene rings is 2. The van der Waals surface area contributed by atoms with Crippen LogP contribution in [0.3, 0.4) is 0 Å². The Kier molecular flexibility index (Phi) is 5.30. The van der Waals surface area contributed by atoms with Crippen LogP contribution in [0.5, 0.6) is 0 Å². The van der Waals surface area contributed by atoms with Gasteiger partial charge in [0.25, 0.3) is 5.91 Å². The van der Waals surface area contributed by atoms with Gasteiger partial charge in [-0.25, -0.2) is 9.07 Å². The van der Waals surface area contributed by atoms with E-state index < -0.39 is 11.9 Å². The molecule has 138 valence electrons. The predicted molar refractivity (Wildman–Crippen MR) is 98.0 cm³/mol. The molecule has 27 heavy (non-hydrogen) atoms. The third-order valence-electron chi connectivity index (χ3n) is 3.96. The van der Waals surface area contributed by atoms with Gasteiger partial charge in [-0.05, 0) is 37.3 Å². The molecule has 0 saturated heterocycles. The molecule has 0 saturated carbocycles. The molecule has 0 atom stereocenters. The van der Waals surface area contributed by atoms with Crippen LogP contribution in [-0.2, 0) is 9.53 Å². The summed E-state index contributed by atoms with van der Waals surface area (Å²) in [6, 6.07) is 13.3. The van der Waals surface area contributed by atoms with Crippen molar-refractivity contribution >= 4 is 11.9 Å². The molecule has 0 unspecified atom stereocenters. The second kappa shape index (κ2) is 7.82. The lowest BCUT2D eigenvalue weighted by Crippen LogP contribution is -2.30. The number of carbonyl (C=O) groups is 2. The van der Waals surface area contributed by atoms with Crippen LogP contribution in [0.1, 0.15) is 15.9 Å². The minimum absolute atomic E-state index is 0.246. The molecule has 1 amide bonds. The van der Waals surface area contributed by atoms with Crippen molar-refractivity contribution in [3.8, 4) is 16.9 Å². The fourth-order valence-corrected chi connectivity index (χ4v) is 2.59. The third-order valence-corrected chi connectivity index (χ3v) is 3.96. The molecule has 1 aromatic heterocycles. The number of nitrogens with zero attached hydrogens (tertiary/aromatic N) is 2. The number of amides is 1. The van der Waals surface area contributed by atoms with Crippen LogP contribution in [-0.4, -0.2) is 35.3 Å². The lowest BCUT2D eigenvalue weighted by Gasteiger charge is -2.05. The summed E-state index contributed by atoms with van der Waals surface area (Å²) < 4.78 is 19.2. The average molecular weight is 367 g/mol. The van der Waals surface area contributed by atoms with E-state index >= 15 is 0 Å². The quantitative estimate of drug-likeness (QED) is 0.704. The standard InChI is InChI=1S/C20H18FN3O3/c1-13-4-3-5-14(10-13)19-17(20(26)22-11-18(25)27-2)12-24(23-19)16-8-6-15(21)7-9-16/h3-10,12H,11H2,1-2H3,(H,22,26). The summed E-state index contributed by atoms with van der Waals surface area (Å²) in [5.74, 6) is -1.36. The Morgan fingerprint density at radius 1 is 1.19 bits per heavy atom. The van der Waals surface area contributed by atoms with Crippen molar-refractivity contribution < 1.29 is 18.7 Å². The second-order valence-corrected chi connectivity index (χ2v) is 5.94. The fourth-order valence-electron chi connectivity index (χ4n) is 2.59. The van der Waals surface area contributed by atoms with E-state index in [9.17, 15) is 14.0 Å². The summed E-state index contributed by atoms with van der Waals surface area (Å²) in [5, 5.41) is 7.03. The summed E-state index contributed by atoms with van der Waals surface area (Å²) in [4.78, 5) is 23.9. The first-order chi connectivity index (χ1) is 13.0. The van der Waals surface area contributed by atoms with Crippen molar-refractivity contribution in [2.45, 2.75) is 6.92 Å². The molecule has 0 aliphatic heterocycles. The Morgan fingerprint density at radius 2 is 1.93 bits per heavy atom. The van der Waals surface area contributed by atoms with Crippen LogP contribution < -0.4 is 5.32 Å². The van der Waals surface area contributed by atoms with Crippen LogP contribution in [0, 0.1) is 12.7 Å². The SMILES string of the molecule is COC(=O)CNC(=O)c1cn(-c2ccc(F)cc2)nc1-c1cccc(C)c1. The molecule has 0 aliphatic carbocycles. The van der Waals surface area contributed by atoms with Crippen LogP contribution in [0.15, 0.2) is 54.7 Å². The van der Waals surface area contributed by atoms with Crippen molar-refractivity contribution in [3.63, 3.8) is 0 Å². The second-order valence-electron chi connectivity index (χ2n) is 5.94. The van der Waals surface area contributed by atoms with Gasteiger partial charge >= 0.3 is 5.97 Å². The zero-order chi connectivity index (χ0) is 19.4. The van der Waals surface area contributed by atoms with Crippen molar-refractivity contribution in [2.24, 2.45) is 0 Å². The predicted octanol–water partition coefficient (Wildman–Crippen LogP) is 2.89. The highest BCUT2D eigenvalue weighted by atomic mass is 19.1. The monoisotopic (exact) mass is 367 g/mol. The van der Waals surface area contributed by atoms with E-state index in [0.29, 0.717) is 16.9 Å². The summed E-state index contributed by atoms with van der Waals surface area (Å²) in [5.41, 5.74) is 3.15. The van der Waals surface area contributed by atoms with Gasteiger partial charge in [-0.3, -0.25) is 9.59 Å². The molecule has 0 radical (unpaired) electrons. The number of halogens is 1. The maximum atomic E-state index is 13.2. The van der Waals surface area contributed by atoms with Crippen LogP contribution in [0.25, 0.3) is 16.9 Å². The number of hydrogen-bond acceptors (Lipinski definition) is 4. The molecule has 0 aliphatic rings. The van der Waals surface area contributed by atoms with Gasteiger partial charge in [0.2, 0.25) is 0 Å². The molecule has 6 nitrogen and oxygen atoms in total. The number of ether oxygens (including phenoxy) is 1. The molecule has 0 spiro atoms. The Bertz CT molecular complexity index is 980. The van der Waals surface area contributed by atoms with Gasteiger partial charge < -0.3 is 10.1 Å². The smallest absolute Gasteiger partial charge is 0.325 e. The van der Waals surface area contributed by atoms with Gasteiger partial charge in [-0.1, -0.05) is 23.8 Å². The number of methoxy groups -OCH3 is 1. The first-order valence-electron chi connectivity index (χ1n) is 8.25. The van der Waals surface area contributed by atoms with E-state index in [-0.39, 0.29) is 12.4 Å². The van der Waals surface area contributed by atoms with E-state index in [1.165, 1.54) is 23.9 Å². The van der Waals surface area contributed by atoms with Gasteiger partial charge in [-0.15, -0.1) is 0 Å². The topological polar surface area (TPSA) is 73.2 Å². The molecule has 0 fully saturated rings. The Labute approximate surface area is 155 Å². The number of rotatable bonds is 5. The van der Waals surface area contributed by atoms with E-state index in [0.717, 1.165) is 11.1 Å². The lowest BCUT2D eigenvalue weighted by atomic mass is 10.1. The Morgan fingerprint density at radius 3 is 2.59 bits per heavy atom. The van der Waals surface area contributed by atoms with Crippen molar-refractivity contribution in [1.82, 2.24) is 15.1 Å².